The minimum absolute atomic E-state index is 0. The maximum absolute atomic E-state index is 10.8. The topological polar surface area (TPSA) is 71.7 Å². The highest BCUT2D eigenvalue weighted by atomic mass is 16.4. The van der Waals surface area contributed by atoms with E-state index in [0.717, 1.165) is 6.54 Å². The van der Waals surface area contributed by atoms with Gasteiger partial charge in [-0.1, -0.05) is 30.3 Å². The largest absolute Gasteiger partial charge is 0.870 e. The number of fused-ring (bicyclic) bond motifs is 3. The average Bonchev–Trinajstić information content (AvgIpc) is 2.68. The molecule has 0 bridgehead atoms. The molecule has 1 aliphatic heterocycles. The van der Waals surface area contributed by atoms with Crippen LogP contribution >= 0.6 is 0 Å². The van der Waals surface area contributed by atoms with Gasteiger partial charge in [0.1, 0.15) is 5.69 Å². The van der Waals surface area contributed by atoms with Crippen molar-refractivity contribution < 1.29 is 20.3 Å². The molecule has 0 spiro atoms. The second kappa shape index (κ2) is 6.30. The van der Waals surface area contributed by atoms with Crippen LogP contribution in [0.3, 0.4) is 0 Å². The fourth-order valence-electron chi connectivity index (χ4n) is 3.81. The molecule has 0 saturated heterocycles. The first-order valence-corrected chi connectivity index (χ1v) is 8.03. The third-order valence-corrected chi connectivity index (χ3v) is 5.39. The number of aliphatic carboxylic acids is 1. The lowest BCUT2D eigenvalue weighted by atomic mass is 9.81. The second-order valence-electron chi connectivity index (χ2n) is 6.93. The van der Waals surface area contributed by atoms with Gasteiger partial charge in [-0.05, 0) is 32.2 Å². The first-order chi connectivity index (χ1) is 10.4. The predicted molar refractivity (Wildman–Crippen MR) is 90.7 cm³/mol. The lowest BCUT2D eigenvalue weighted by Gasteiger charge is -2.26. The summed E-state index contributed by atoms with van der Waals surface area (Å²) in [4.78, 5) is 12.3. The first kappa shape index (κ1) is 17.4. The van der Waals surface area contributed by atoms with Gasteiger partial charge in [0.05, 0.1) is 19.0 Å². The zero-order valence-electron chi connectivity index (χ0n) is 14.0. The number of carboxylic acids is 1. The monoisotopic (exact) mass is 315 g/mol. The Bertz CT molecular complexity index is 724. The summed E-state index contributed by atoms with van der Waals surface area (Å²) < 4.78 is 0. The second-order valence-corrected chi connectivity index (χ2v) is 6.93. The van der Waals surface area contributed by atoms with E-state index in [1.54, 1.807) is 0 Å². The molecule has 2 aromatic carbocycles. The van der Waals surface area contributed by atoms with Gasteiger partial charge >= 0.3 is 5.97 Å². The zero-order valence-corrected chi connectivity index (χ0v) is 14.0. The summed E-state index contributed by atoms with van der Waals surface area (Å²) in [7, 11) is 0. The highest BCUT2D eigenvalue weighted by Crippen LogP contribution is 2.39. The van der Waals surface area contributed by atoms with Gasteiger partial charge in [-0.25, -0.2) is 0 Å². The van der Waals surface area contributed by atoms with Gasteiger partial charge in [0.2, 0.25) is 0 Å². The Morgan fingerprint density at radius 3 is 2.61 bits per heavy atom. The lowest BCUT2D eigenvalue weighted by Crippen LogP contribution is -3.10. The molecule has 2 unspecified atom stereocenters. The first-order valence-electron chi connectivity index (χ1n) is 8.03. The molecule has 0 aromatic heterocycles. The number of quaternary nitrogens is 1. The molecule has 0 amide bonds. The number of carboxylic acid groups (broad SMARTS) is 1. The number of hydrogen-bond donors (Lipinski definition) is 2. The summed E-state index contributed by atoms with van der Waals surface area (Å²) >= 11 is 0. The van der Waals surface area contributed by atoms with E-state index < -0.39 is 5.97 Å². The van der Waals surface area contributed by atoms with Gasteiger partial charge in [0, 0.05) is 22.8 Å². The van der Waals surface area contributed by atoms with Gasteiger partial charge < -0.3 is 10.6 Å². The summed E-state index contributed by atoms with van der Waals surface area (Å²) in [6, 6.07) is 13.4. The van der Waals surface area contributed by atoms with E-state index in [2.05, 4.69) is 57.2 Å². The molecule has 0 saturated carbocycles. The Morgan fingerprint density at radius 2 is 1.91 bits per heavy atom. The molecule has 0 aliphatic carbocycles. The number of nitrogens with one attached hydrogen (secondary N) is 1. The van der Waals surface area contributed by atoms with Crippen LogP contribution in [0.15, 0.2) is 36.4 Å². The molecule has 3 rings (SSSR count). The van der Waals surface area contributed by atoms with E-state index in [0.29, 0.717) is 12.5 Å². The van der Waals surface area contributed by atoms with Gasteiger partial charge in [-0.3, -0.25) is 9.69 Å². The number of hydrogen-bond acceptors (Lipinski definition) is 2. The van der Waals surface area contributed by atoms with Gasteiger partial charge in [-0.2, -0.15) is 0 Å². The fourth-order valence-corrected chi connectivity index (χ4v) is 3.81. The van der Waals surface area contributed by atoms with Crippen molar-refractivity contribution >= 4 is 22.4 Å². The van der Waals surface area contributed by atoms with Crippen LogP contribution in [0.4, 0.5) is 5.69 Å². The normalized spacial score (nSPS) is 21.7. The fraction of sp³-hybridized carbons (Fsp3) is 0.421. The van der Waals surface area contributed by atoms with Crippen molar-refractivity contribution in [2.75, 3.05) is 6.54 Å². The molecule has 4 heteroatoms. The van der Waals surface area contributed by atoms with Crippen LogP contribution in [0.5, 0.6) is 0 Å². The van der Waals surface area contributed by atoms with Crippen molar-refractivity contribution in [2.24, 2.45) is 0 Å². The number of rotatable bonds is 4. The van der Waals surface area contributed by atoms with Crippen LogP contribution in [0.2, 0.25) is 0 Å². The van der Waals surface area contributed by atoms with E-state index in [4.69, 9.17) is 5.11 Å². The van der Waals surface area contributed by atoms with Crippen LogP contribution in [0, 0.1) is 0 Å². The third-order valence-electron chi connectivity index (χ3n) is 5.39. The minimum Gasteiger partial charge on any atom is -0.870 e. The zero-order chi connectivity index (χ0) is 15.9. The summed E-state index contributed by atoms with van der Waals surface area (Å²) in [5, 5.41) is 11.5. The van der Waals surface area contributed by atoms with Crippen molar-refractivity contribution in [3.05, 3.63) is 42.0 Å². The molecule has 23 heavy (non-hydrogen) atoms. The molecule has 3 N–H and O–H groups in total. The maximum Gasteiger partial charge on any atom is 0.303 e. The van der Waals surface area contributed by atoms with Crippen molar-refractivity contribution in [1.82, 2.24) is 0 Å². The average molecular weight is 315 g/mol. The summed E-state index contributed by atoms with van der Waals surface area (Å²) in [6.45, 7) is 7.76. The Hall–Kier alpha value is -1.91. The molecule has 1 heterocycles. The molecule has 1 aliphatic rings. The van der Waals surface area contributed by atoms with Crippen LogP contribution in [-0.2, 0) is 10.2 Å². The molecule has 2 aromatic rings. The van der Waals surface area contributed by atoms with Crippen molar-refractivity contribution in [3.8, 4) is 0 Å². The van der Waals surface area contributed by atoms with Crippen molar-refractivity contribution in [1.29, 1.82) is 0 Å². The standard InChI is InChI=1S/C19H23NO2.H2O/c1-13-19(2,3)16-11-10-14-7-4-5-8-15(14)18(16)20(13)12-6-9-17(21)22;/h4-5,7-8,10-11,13H,6,9,12H2,1-3H3,(H,21,22);1H2. The van der Waals surface area contributed by atoms with E-state index in [9.17, 15) is 4.79 Å². The van der Waals surface area contributed by atoms with Crippen LogP contribution in [0.25, 0.3) is 10.8 Å². The van der Waals surface area contributed by atoms with Crippen LogP contribution in [-0.4, -0.2) is 29.1 Å². The SMILES string of the molecule is CC1[NH+](CCCC(=O)O)c2c(ccc3ccccc23)C1(C)C.[OH-]. The number of benzene rings is 2. The van der Waals surface area contributed by atoms with E-state index >= 15 is 0 Å². The van der Waals surface area contributed by atoms with E-state index in [-0.39, 0.29) is 17.3 Å². The highest BCUT2D eigenvalue weighted by molar-refractivity contribution is 5.93. The quantitative estimate of drug-likeness (QED) is 0.911. The maximum atomic E-state index is 10.8. The smallest absolute Gasteiger partial charge is 0.303 e. The molecular weight excluding hydrogens is 290 g/mol. The minimum atomic E-state index is -0.705. The summed E-state index contributed by atoms with van der Waals surface area (Å²) in [6.07, 6.45) is 0.963. The van der Waals surface area contributed by atoms with Gasteiger partial charge in [0.15, 0.2) is 0 Å². The molecule has 4 nitrogen and oxygen atoms in total. The lowest BCUT2D eigenvalue weighted by molar-refractivity contribution is -0.855. The molecule has 124 valence electrons. The Labute approximate surface area is 137 Å². The summed E-state index contributed by atoms with van der Waals surface area (Å²) in [5.74, 6) is -0.705. The Morgan fingerprint density at radius 1 is 1.22 bits per heavy atom. The highest BCUT2D eigenvalue weighted by Gasteiger charge is 2.47. The van der Waals surface area contributed by atoms with Crippen LogP contribution < -0.4 is 4.90 Å². The van der Waals surface area contributed by atoms with Crippen molar-refractivity contribution in [3.63, 3.8) is 0 Å². The molecule has 2 atom stereocenters. The summed E-state index contributed by atoms with van der Waals surface area (Å²) in [5.41, 5.74) is 2.89. The molecular formula is C19H25NO3. The van der Waals surface area contributed by atoms with E-state index in [1.165, 1.54) is 26.9 Å². The van der Waals surface area contributed by atoms with Crippen LogP contribution in [0.1, 0.15) is 39.2 Å². The van der Waals surface area contributed by atoms with Gasteiger partial charge in [-0.15, -0.1) is 0 Å². The molecule has 0 radical (unpaired) electrons. The number of carbonyl (C=O) groups is 1. The molecule has 0 fully saturated rings. The van der Waals surface area contributed by atoms with Gasteiger partial charge in [0.25, 0.3) is 0 Å². The van der Waals surface area contributed by atoms with E-state index in [1.807, 2.05) is 0 Å². The predicted octanol–water partition coefficient (Wildman–Crippen LogP) is 2.72. The third kappa shape index (κ3) is 2.84. The Kier molecular flexibility index (Phi) is 4.78. The van der Waals surface area contributed by atoms with Crippen molar-refractivity contribution in [2.45, 2.75) is 45.1 Å². The Balaban J connectivity index is 0.00000192.